The van der Waals surface area contributed by atoms with Crippen molar-refractivity contribution in [2.75, 3.05) is 19.8 Å². The number of hydrogen-bond donors (Lipinski definition) is 1. The average Bonchev–Trinajstić information content (AvgIpc) is 3.12. The van der Waals surface area contributed by atoms with Crippen LogP contribution >= 0.6 is 0 Å². The Morgan fingerprint density at radius 2 is 0.780 bits per heavy atom. The Kier molecular flexibility index (Phi) is 43.5. The van der Waals surface area contributed by atoms with E-state index in [1.807, 2.05) is 0 Å². The van der Waals surface area contributed by atoms with Gasteiger partial charge in [0, 0.05) is 13.0 Å². The molecule has 4 heteroatoms. The minimum atomic E-state index is -0.527. The van der Waals surface area contributed by atoms with Gasteiger partial charge < -0.3 is 14.6 Å². The monoisotopic (exact) mass is 707 g/mol. The van der Waals surface area contributed by atoms with Crippen molar-refractivity contribution in [2.45, 2.75) is 258 Å². The molecule has 0 rings (SSSR count). The topological polar surface area (TPSA) is 55.8 Å². The third-order valence-electron chi connectivity index (χ3n) is 10.3. The summed E-state index contributed by atoms with van der Waals surface area (Å²) < 4.78 is 11.2. The number of rotatable bonds is 43. The van der Waals surface area contributed by atoms with Gasteiger partial charge in [0.05, 0.1) is 13.2 Å². The van der Waals surface area contributed by atoms with Crippen molar-refractivity contribution in [3.05, 3.63) is 12.2 Å². The van der Waals surface area contributed by atoms with Gasteiger partial charge in [-0.1, -0.05) is 219 Å². The molecule has 1 N–H and O–H groups in total. The van der Waals surface area contributed by atoms with Gasteiger partial charge >= 0.3 is 5.97 Å². The molecule has 0 bridgehead atoms. The van der Waals surface area contributed by atoms with Crippen LogP contribution in [0.1, 0.15) is 251 Å². The van der Waals surface area contributed by atoms with Crippen LogP contribution in [-0.4, -0.2) is 37.0 Å². The second kappa shape index (κ2) is 44.3. The SMILES string of the molecule is CCCCCCCCCC/C=C\CCCCCCCCCCCCCCCC(=O)OC(CO)COCCCCCCCCCCCCCCC. The predicted octanol–water partition coefficient (Wildman–Crippen LogP) is 14.9. The first-order chi connectivity index (χ1) is 24.7. The molecule has 0 aliphatic carbocycles. The van der Waals surface area contributed by atoms with Gasteiger partial charge in [-0.25, -0.2) is 0 Å². The summed E-state index contributed by atoms with van der Waals surface area (Å²) in [4.78, 5) is 12.2. The Hall–Kier alpha value is -0.870. The number of aliphatic hydroxyl groups is 1. The van der Waals surface area contributed by atoms with Crippen molar-refractivity contribution in [3.8, 4) is 0 Å². The molecule has 1 atom stereocenters. The maximum absolute atomic E-state index is 12.2. The zero-order valence-electron chi connectivity index (χ0n) is 34.2. The largest absolute Gasteiger partial charge is 0.457 e. The van der Waals surface area contributed by atoms with E-state index >= 15 is 0 Å². The fourth-order valence-corrected chi connectivity index (χ4v) is 6.91. The van der Waals surface area contributed by atoms with Crippen molar-refractivity contribution in [3.63, 3.8) is 0 Å². The highest BCUT2D eigenvalue weighted by Crippen LogP contribution is 2.16. The number of ether oxygens (including phenoxy) is 2. The number of allylic oxidation sites excluding steroid dienone is 2. The van der Waals surface area contributed by atoms with Gasteiger partial charge in [0.2, 0.25) is 0 Å². The first-order valence-electron chi connectivity index (χ1n) is 22.8. The van der Waals surface area contributed by atoms with Gasteiger partial charge in [0.15, 0.2) is 0 Å². The van der Waals surface area contributed by atoms with Crippen LogP contribution in [0.15, 0.2) is 12.2 Å². The predicted molar refractivity (Wildman–Crippen MR) is 219 cm³/mol. The molecule has 0 saturated carbocycles. The lowest BCUT2D eigenvalue weighted by atomic mass is 10.0. The highest BCUT2D eigenvalue weighted by atomic mass is 16.6. The van der Waals surface area contributed by atoms with Crippen molar-refractivity contribution in [2.24, 2.45) is 0 Å². The van der Waals surface area contributed by atoms with Crippen molar-refractivity contribution >= 4 is 5.97 Å². The molecule has 298 valence electrons. The highest BCUT2D eigenvalue weighted by Gasteiger charge is 2.13. The van der Waals surface area contributed by atoms with E-state index in [2.05, 4.69) is 26.0 Å². The third-order valence-corrected chi connectivity index (χ3v) is 10.3. The molecule has 50 heavy (non-hydrogen) atoms. The smallest absolute Gasteiger partial charge is 0.306 e. The summed E-state index contributed by atoms with van der Waals surface area (Å²) >= 11 is 0. The van der Waals surface area contributed by atoms with Crippen LogP contribution in [-0.2, 0) is 14.3 Å². The fourth-order valence-electron chi connectivity index (χ4n) is 6.91. The van der Waals surface area contributed by atoms with E-state index in [4.69, 9.17) is 9.47 Å². The summed E-state index contributed by atoms with van der Waals surface area (Å²) in [6.07, 6.45) is 52.8. The molecule has 0 aromatic carbocycles. The van der Waals surface area contributed by atoms with E-state index < -0.39 is 6.10 Å². The summed E-state index contributed by atoms with van der Waals surface area (Å²) in [5.74, 6) is -0.195. The van der Waals surface area contributed by atoms with Gasteiger partial charge in [0.1, 0.15) is 6.10 Å². The lowest BCUT2D eigenvalue weighted by molar-refractivity contribution is -0.154. The number of unbranched alkanes of at least 4 members (excludes halogenated alkanes) is 33. The summed E-state index contributed by atoms with van der Waals surface area (Å²) in [6.45, 7) is 5.39. The number of hydrogen-bond acceptors (Lipinski definition) is 4. The average molecular weight is 707 g/mol. The summed E-state index contributed by atoms with van der Waals surface area (Å²) in [5, 5.41) is 9.60. The first-order valence-corrected chi connectivity index (χ1v) is 22.8. The molecule has 0 aromatic heterocycles. The van der Waals surface area contributed by atoms with Gasteiger partial charge in [-0.05, 0) is 38.5 Å². The Labute approximate surface area is 314 Å². The first kappa shape index (κ1) is 49.1. The van der Waals surface area contributed by atoms with Crippen LogP contribution in [0.25, 0.3) is 0 Å². The van der Waals surface area contributed by atoms with Crippen LogP contribution in [0.5, 0.6) is 0 Å². The fraction of sp³-hybridized carbons (Fsp3) is 0.935. The molecule has 1 unspecified atom stereocenters. The minimum absolute atomic E-state index is 0.165. The normalized spacial score (nSPS) is 12.3. The number of esters is 1. The molecule has 0 aromatic rings. The van der Waals surface area contributed by atoms with Crippen LogP contribution in [0, 0.1) is 0 Å². The van der Waals surface area contributed by atoms with E-state index in [-0.39, 0.29) is 12.6 Å². The lowest BCUT2D eigenvalue weighted by Crippen LogP contribution is -2.27. The Balaban J connectivity index is 3.35. The molecule has 0 aliphatic heterocycles. The lowest BCUT2D eigenvalue weighted by Gasteiger charge is -2.16. The molecule has 0 heterocycles. The minimum Gasteiger partial charge on any atom is -0.457 e. The quantitative estimate of drug-likeness (QED) is 0.0390. The molecule has 0 aliphatic rings. The Bertz CT molecular complexity index is 663. The zero-order valence-corrected chi connectivity index (χ0v) is 34.2. The van der Waals surface area contributed by atoms with Gasteiger partial charge in [-0.2, -0.15) is 0 Å². The van der Waals surface area contributed by atoms with Gasteiger partial charge in [-0.3, -0.25) is 4.79 Å². The van der Waals surface area contributed by atoms with Crippen LogP contribution in [0.4, 0.5) is 0 Å². The van der Waals surface area contributed by atoms with Gasteiger partial charge in [0.25, 0.3) is 0 Å². The van der Waals surface area contributed by atoms with E-state index in [9.17, 15) is 9.90 Å². The molecule has 0 radical (unpaired) electrons. The van der Waals surface area contributed by atoms with Crippen LogP contribution < -0.4 is 0 Å². The Morgan fingerprint density at radius 1 is 0.460 bits per heavy atom. The van der Waals surface area contributed by atoms with Crippen LogP contribution in [0.2, 0.25) is 0 Å². The maximum Gasteiger partial charge on any atom is 0.306 e. The molecular weight excluding hydrogens is 617 g/mol. The van der Waals surface area contributed by atoms with Crippen molar-refractivity contribution in [1.82, 2.24) is 0 Å². The van der Waals surface area contributed by atoms with E-state index in [0.29, 0.717) is 19.6 Å². The molecule has 0 spiro atoms. The Morgan fingerprint density at radius 3 is 1.14 bits per heavy atom. The molecule has 4 nitrogen and oxygen atoms in total. The van der Waals surface area contributed by atoms with E-state index in [1.165, 1.54) is 212 Å². The summed E-state index contributed by atoms with van der Waals surface area (Å²) in [5.41, 5.74) is 0. The van der Waals surface area contributed by atoms with Crippen molar-refractivity contribution < 1.29 is 19.4 Å². The molecule has 0 saturated heterocycles. The standard InChI is InChI=1S/C46H90O4/c1-3-5-7-9-11-13-15-17-18-19-20-21-22-23-24-25-26-27-28-29-31-33-35-37-39-41-46(48)50-45(43-47)44-49-42-40-38-36-34-32-30-16-14-12-10-8-6-4-2/h19-20,45,47H,3-18,21-44H2,1-2H3/b20-19-. The van der Waals surface area contributed by atoms with Crippen LogP contribution in [0.3, 0.4) is 0 Å². The second-order valence-corrected chi connectivity index (χ2v) is 15.5. The molecule has 0 fully saturated rings. The maximum atomic E-state index is 12.2. The number of carbonyl (C=O) groups excluding carboxylic acids is 1. The van der Waals surface area contributed by atoms with Crippen molar-refractivity contribution in [1.29, 1.82) is 0 Å². The number of aliphatic hydroxyl groups excluding tert-OH is 1. The third kappa shape index (κ3) is 41.5. The summed E-state index contributed by atoms with van der Waals surface area (Å²) in [7, 11) is 0. The second-order valence-electron chi connectivity index (χ2n) is 15.5. The molecule has 0 amide bonds. The van der Waals surface area contributed by atoms with Gasteiger partial charge in [-0.15, -0.1) is 0 Å². The highest BCUT2D eigenvalue weighted by molar-refractivity contribution is 5.69. The molecular formula is C46H90O4. The van der Waals surface area contributed by atoms with E-state index in [1.54, 1.807) is 0 Å². The zero-order chi connectivity index (χ0) is 36.3. The van der Waals surface area contributed by atoms with E-state index in [0.717, 1.165) is 19.3 Å². The summed E-state index contributed by atoms with van der Waals surface area (Å²) in [6, 6.07) is 0. The number of carbonyl (C=O) groups is 1.